The predicted octanol–water partition coefficient (Wildman–Crippen LogP) is 5.33. The van der Waals surface area contributed by atoms with Crippen molar-refractivity contribution in [2.24, 2.45) is 5.92 Å². The molecule has 0 saturated carbocycles. The van der Waals surface area contributed by atoms with Crippen molar-refractivity contribution in [3.63, 3.8) is 0 Å². The summed E-state index contributed by atoms with van der Waals surface area (Å²) in [5.41, 5.74) is 2.01. The highest BCUT2D eigenvalue weighted by Gasteiger charge is 2.26. The maximum absolute atomic E-state index is 12.7. The Hall–Kier alpha value is -1.84. The van der Waals surface area contributed by atoms with Crippen LogP contribution in [-0.4, -0.2) is 34.1 Å². The van der Waals surface area contributed by atoms with Crippen LogP contribution in [0.25, 0.3) is 0 Å². The Labute approximate surface area is 154 Å². The summed E-state index contributed by atoms with van der Waals surface area (Å²) in [6, 6.07) is 0. The number of likely N-dealkylation sites (tertiary alicyclic amines) is 1. The van der Waals surface area contributed by atoms with Gasteiger partial charge in [0, 0.05) is 30.8 Å². The number of allylic oxidation sites excluding steroid dienone is 2. The average Bonchev–Trinajstić information content (AvgIpc) is 3.19. The lowest BCUT2D eigenvalue weighted by Crippen LogP contribution is -2.39. The van der Waals surface area contributed by atoms with Crippen molar-refractivity contribution in [1.29, 1.82) is 0 Å². The number of aromatic amines is 1. The highest BCUT2D eigenvalue weighted by Crippen LogP contribution is 2.27. The molecule has 1 fully saturated rings. The Morgan fingerprint density at radius 2 is 2.00 bits per heavy atom. The molecule has 1 saturated heterocycles. The SMILES string of the molecule is C/C=C\C(=C/C(C)C)C(=O)N1CCC[C@@H](c2cn[nH]c2)C1.CC.CC. The molecule has 0 unspecified atom stereocenters. The van der Waals surface area contributed by atoms with E-state index in [-0.39, 0.29) is 5.91 Å². The smallest absolute Gasteiger partial charge is 0.253 e. The van der Waals surface area contributed by atoms with Gasteiger partial charge < -0.3 is 4.90 Å². The number of amides is 1. The van der Waals surface area contributed by atoms with Gasteiger partial charge in [0.1, 0.15) is 0 Å². The van der Waals surface area contributed by atoms with E-state index in [4.69, 9.17) is 0 Å². The molecule has 1 atom stereocenters. The quantitative estimate of drug-likeness (QED) is 0.591. The van der Waals surface area contributed by atoms with Crippen molar-refractivity contribution in [3.05, 3.63) is 41.8 Å². The van der Waals surface area contributed by atoms with Crippen molar-refractivity contribution in [3.8, 4) is 0 Å². The van der Waals surface area contributed by atoms with Crippen LogP contribution in [0.1, 0.15) is 72.8 Å². The molecule has 0 radical (unpaired) electrons. The summed E-state index contributed by atoms with van der Waals surface area (Å²) in [4.78, 5) is 14.7. The number of rotatable bonds is 4. The lowest BCUT2D eigenvalue weighted by atomic mass is 9.92. The van der Waals surface area contributed by atoms with E-state index in [9.17, 15) is 4.79 Å². The second kappa shape index (κ2) is 13.5. The molecule has 0 spiro atoms. The number of piperidine rings is 1. The number of carbonyl (C=O) groups excluding carboxylic acids is 1. The molecule has 1 aliphatic heterocycles. The number of nitrogens with zero attached hydrogens (tertiary/aromatic N) is 2. The van der Waals surface area contributed by atoms with Crippen LogP contribution in [0.15, 0.2) is 36.2 Å². The van der Waals surface area contributed by atoms with E-state index >= 15 is 0 Å². The summed E-state index contributed by atoms with van der Waals surface area (Å²) >= 11 is 0. The Bertz CT molecular complexity index is 515. The van der Waals surface area contributed by atoms with Crippen molar-refractivity contribution in [1.82, 2.24) is 15.1 Å². The summed E-state index contributed by atoms with van der Waals surface area (Å²) in [5.74, 6) is 0.914. The molecule has 142 valence electrons. The van der Waals surface area contributed by atoms with Crippen molar-refractivity contribution in [2.75, 3.05) is 13.1 Å². The molecule has 1 amide bonds. The molecule has 1 aromatic heterocycles. The summed E-state index contributed by atoms with van der Waals surface area (Å²) in [6.07, 6.45) is 11.9. The monoisotopic (exact) mass is 347 g/mol. The molecular formula is C21H37N3O. The maximum Gasteiger partial charge on any atom is 0.253 e. The van der Waals surface area contributed by atoms with E-state index in [1.807, 2.05) is 70.1 Å². The number of H-pyrrole nitrogens is 1. The van der Waals surface area contributed by atoms with E-state index in [1.165, 1.54) is 5.56 Å². The van der Waals surface area contributed by atoms with Gasteiger partial charge in [-0.15, -0.1) is 0 Å². The predicted molar refractivity (Wildman–Crippen MR) is 108 cm³/mol. The molecule has 0 aromatic carbocycles. The zero-order valence-corrected chi connectivity index (χ0v) is 17.2. The number of hydrogen-bond donors (Lipinski definition) is 1. The number of aromatic nitrogens is 2. The molecule has 25 heavy (non-hydrogen) atoms. The first kappa shape index (κ1) is 23.2. The molecule has 0 aliphatic carbocycles. The van der Waals surface area contributed by atoms with Gasteiger partial charge >= 0.3 is 0 Å². The minimum Gasteiger partial charge on any atom is -0.338 e. The third-order valence-corrected chi connectivity index (χ3v) is 3.81. The third-order valence-electron chi connectivity index (χ3n) is 3.81. The first-order valence-corrected chi connectivity index (χ1v) is 9.74. The Morgan fingerprint density at radius 3 is 2.52 bits per heavy atom. The minimum atomic E-state index is 0.148. The van der Waals surface area contributed by atoms with Crippen LogP contribution in [0.5, 0.6) is 0 Å². The number of carbonyl (C=O) groups is 1. The standard InChI is InChI=1S/C17H25N3O.2C2H6/c1-4-6-14(9-13(2)3)17(21)20-8-5-7-15(12-20)16-10-18-19-11-16;2*1-2/h4,6,9-11,13,15H,5,7-8,12H2,1-3H3,(H,18,19);2*1-2H3/b6-4-,14-9+;;/t15-;;/m1../s1. The third kappa shape index (κ3) is 7.72. The Balaban J connectivity index is 0.00000134. The zero-order chi connectivity index (χ0) is 19.2. The minimum absolute atomic E-state index is 0.148. The lowest BCUT2D eigenvalue weighted by Gasteiger charge is -2.32. The van der Waals surface area contributed by atoms with Gasteiger partial charge in [0.15, 0.2) is 0 Å². The van der Waals surface area contributed by atoms with E-state index in [1.54, 1.807) is 0 Å². The van der Waals surface area contributed by atoms with Crippen LogP contribution in [0.2, 0.25) is 0 Å². The molecule has 1 N–H and O–H groups in total. The first-order chi connectivity index (χ1) is 12.1. The molecule has 2 rings (SSSR count). The zero-order valence-electron chi connectivity index (χ0n) is 17.2. The second-order valence-electron chi connectivity index (χ2n) is 5.99. The van der Waals surface area contributed by atoms with Gasteiger partial charge in [-0.05, 0) is 31.2 Å². The first-order valence-electron chi connectivity index (χ1n) is 9.74. The van der Waals surface area contributed by atoms with E-state index in [0.717, 1.165) is 31.5 Å². The van der Waals surface area contributed by atoms with E-state index < -0.39 is 0 Å². The average molecular weight is 348 g/mol. The highest BCUT2D eigenvalue weighted by molar-refractivity contribution is 5.96. The van der Waals surface area contributed by atoms with E-state index in [2.05, 4.69) is 24.0 Å². The molecule has 1 aromatic rings. The van der Waals surface area contributed by atoms with Crippen molar-refractivity contribution < 1.29 is 4.79 Å². The Kier molecular flexibility index (Phi) is 12.5. The van der Waals surface area contributed by atoms with Crippen LogP contribution >= 0.6 is 0 Å². The molecule has 4 heteroatoms. The van der Waals surface area contributed by atoms with Gasteiger partial charge in [0.2, 0.25) is 0 Å². The fourth-order valence-corrected chi connectivity index (χ4v) is 2.84. The summed E-state index contributed by atoms with van der Waals surface area (Å²) < 4.78 is 0. The molecule has 2 heterocycles. The van der Waals surface area contributed by atoms with Crippen LogP contribution in [0.3, 0.4) is 0 Å². The number of hydrogen-bond acceptors (Lipinski definition) is 2. The van der Waals surface area contributed by atoms with Gasteiger partial charge in [-0.3, -0.25) is 9.89 Å². The van der Waals surface area contributed by atoms with Gasteiger partial charge in [0.25, 0.3) is 5.91 Å². The van der Waals surface area contributed by atoms with Gasteiger partial charge in [-0.2, -0.15) is 5.10 Å². The normalized spacial score (nSPS) is 17.7. The lowest BCUT2D eigenvalue weighted by molar-refractivity contribution is -0.128. The van der Waals surface area contributed by atoms with Crippen LogP contribution in [0.4, 0.5) is 0 Å². The van der Waals surface area contributed by atoms with Crippen LogP contribution in [0, 0.1) is 5.92 Å². The molecule has 4 nitrogen and oxygen atoms in total. The fraction of sp³-hybridized carbons (Fsp3) is 0.619. The van der Waals surface area contributed by atoms with Crippen molar-refractivity contribution in [2.45, 2.75) is 67.2 Å². The maximum atomic E-state index is 12.7. The van der Waals surface area contributed by atoms with Crippen LogP contribution in [-0.2, 0) is 4.79 Å². The highest BCUT2D eigenvalue weighted by atomic mass is 16.2. The fourth-order valence-electron chi connectivity index (χ4n) is 2.84. The van der Waals surface area contributed by atoms with Gasteiger partial charge in [-0.25, -0.2) is 0 Å². The summed E-state index contributed by atoms with van der Waals surface area (Å²) in [6.45, 7) is 15.8. The molecular weight excluding hydrogens is 310 g/mol. The molecule has 1 aliphatic rings. The largest absolute Gasteiger partial charge is 0.338 e. The van der Waals surface area contributed by atoms with E-state index in [0.29, 0.717) is 11.8 Å². The second-order valence-corrected chi connectivity index (χ2v) is 5.99. The Morgan fingerprint density at radius 1 is 1.32 bits per heavy atom. The van der Waals surface area contributed by atoms with Gasteiger partial charge in [0.05, 0.1) is 6.20 Å². The number of nitrogens with one attached hydrogen (secondary N) is 1. The topological polar surface area (TPSA) is 49.0 Å². The summed E-state index contributed by atoms with van der Waals surface area (Å²) in [5, 5.41) is 6.88. The van der Waals surface area contributed by atoms with Crippen molar-refractivity contribution >= 4 is 5.91 Å². The van der Waals surface area contributed by atoms with Crippen LogP contribution < -0.4 is 0 Å². The van der Waals surface area contributed by atoms with Gasteiger partial charge in [-0.1, -0.05) is 59.8 Å². The molecule has 0 bridgehead atoms. The summed E-state index contributed by atoms with van der Waals surface area (Å²) in [7, 11) is 0.